The molecule has 1 rings (SSSR count). The maximum Gasteiger partial charge on any atom is 0.459 e. The van der Waals surface area contributed by atoms with Crippen LogP contribution in [0.3, 0.4) is 0 Å². The molecule has 0 aliphatic carbocycles. The van der Waals surface area contributed by atoms with Crippen LogP contribution in [0.2, 0.25) is 0 Å². The molecule has 0 amide bonds. The first-order valence-corrected chi connectivity index (χ1v) is 8.93. The van der Waals surface area contributed by atoms with Gasteiger partial charge in [0, 0.05) is 19.6 Å². The molecule has 160 valence electrons. The number of ether oxygens (including phenoxy) is 2. The fraction of sp³-hybridized carbons (Fsp3) is 0.917. The van der Waals surface area contributed by atoms with Crippen molar-refractivity contribution >= 4 is 16.1 Å². The fourth-order valence-electron chi connectivity index (χ4n) is 2.16. The Balaban J connectivity index is 2.82. The highest BCUT2D eigenvalue weighted by atomic mass is 32.2. The average Bonchev–Trinajstić information content (AvgIpc) is 2.44. The van der Waals surface area contributed by atoms with Crippen LogP contribution < -0.4 is 0 Å². The van der Waals surface area contributed by atoms with Gasteiger partial charge < -0.3 is 9.47 Å². The molecular weight excluding hydrogens is 419 g/mol. The number of carbonyl (C=O) groups excluding carboxylic acids is 1. The lowest BCUT2D eigenvalue weighted by Crippen LogP contribution is -2.53. The van der Waals surface area contributed by atoms with Crippen LogP contribution >= 0.6 is 0 Å². The molecular formula is C12H16F7NO6S. The zero-order chi connectivity index (χ0) is 21.1. The van der Waals surface area contributed by atoms with Crippen molar-refractivity contribution < 1.29 is 58.0 Å². The molecule has 1 fully saturated rings. The van der Waals surface area contributed by atoms with Gasteiger partial charge in [-0.25, -0.2) is 0 Å². The number of hydrogen-bond acceptors (Lipinski definition) is 6. The number of morpholine rings is 1. The lowest BCUT2D eigenvalue weighted by molar-refractivity contribution is -0.354. The van der Waals surface area contributed by atoms with Gasteiger partial charge in [0.15, 0.2) is 0 Å². The normalized spacial score (nSPS) is 19.0. The van der Waals surface area contributed by atoms with Gasteiger partial charge >= 0.3 is 24.0 Å². The number of esters is 1. The van der Waals surface area contributed by atoms with Crippen LogP contribution in [0, 0.1) is 0 Å². The second-order valence-electron chi connectivity index (χ2n) is 5.73. The van der Waals surface area contributed by atoms with Crippen molar-refractivity contribution in [3.63, 3.8) is 0 Å². The van der Waals surface area contributed by atoms with E-state index in [0.717, 1.165) is 0 Å². The Morgan fingerprint density at radius 1 is 1.11 bits per heavy atom. The van der Waals surface area contributed by atoms with Crippen molar-refractivity contribution in [3.05, 3.63) is 0 Å². The van der Waals surface area contributed by atoms with Gasteiger partial charge in [-0.3, -0.25) is 14.2 Å². The quantitative estimate of drug-likeness (QED) is 0.350. The van der Waals surface area contributed by atoms with Crippen LogP contribution in [0.15, 0.2) is 0 Å². The van der Waals surface area contributed by atoms with E-state index in [2.05, 4.69) is 4.74 Å². The molecule has 1 N–H and O–H groups in total. The summed E-state index contributed by atoms with van der Waals surface area (Å²) in [6.45, 7) is 0.477. The third kappa shape index (κ3) is 7.04. The minimum absolute atomic E-state index is 0.211. The van der Waals surface area contributed by atoms with Crippen LogP contribution in [-0.2, 0) is 24.4 Å². The molecule has 1 aliphatic heterocycles. The molecule has 0 spiro atoms. The van der Waals surface area contributed by atoms with Crippen LogP contribution in [-0.4, -0.2) is 86.6 Å². The molecule has 1 atom stereocenters. The summed E-state index contributed by atoms with van der Waals surface area (Å²) < 4.78 is 128. The van der Waals surface area contributed by atoms with E-state index in [9.17, 15) is 43.9 Å². The van der Waals surface area contributed by atoms with Gasteiger partial charge in [-0.2, -0.15) is 39.2 Å². The summed E-state index contributed by atoms with van der Waals surface area (Å²) in [5, 5.41) is 0. The highest BCUT2D eigenvalue weighted by molar-refractivity contribution is 7.85. The van der Waals surface area contributed by atoms with Crippen molar-refractivity contribution in [1.29, 1.82) is 0 Å². The van der Waals surface area contributed by atoms with Gasteiger partial charge in [-0.1, -0.05) is 0 Å². The molecule has 7 nitrogen and oxygen atoms in total. The van der Waals surface area contributed by atoms with Gasteiger partial charge in [0.1, 0.15) is 18.3 Å². The first kappa shape index (κ1) is 23.8. The van der Waals surface area contributed by atoms with Crippen molar-refractivity contribution in [2.45, 2.75) is 30.5 Å². The average molecular weight is 435 g/mol. The summed E-state index contributed by atoms with van der Waals surface area (Å²) in [6.07, 6.45) is -11.0. The number of carbonyl (C=O) groups is 1. The van der Waals surface area contributed by atoms with E-state index in [-0.39, 0.29) is 26.3 Å². The van der Waals surface area contributed by atoms with E-state index in [1.165, 1.54) is 4.90 Å². The van der Waals surface area contributed by atoms with E-state index in [4.69, 9.17) is 9.29 Å². The van der Waals surface area contributed by atoms with Gasteiger partial charge in [-0.15, -0.1) is 0 Å². The summed E-state index contributed by atoms with van der Waals surface area (Å²) in [5.41, 5.74) is 0. The zero-order valence-corrected chi connectivity index (χ0v) is 14.3. The topological polar surface area (TPSA) is 93.1 Å². The summed E-state index contributed by atoms with van der Waals surface area (Å²) in [5.74, 6) is -15.7. The molecule has 0 radical (unpaired) electrons. The largest absolute Gasteiger partial charge is 0.460 e. The van der Waals surface area contributed by atoms with E-state index in [0.29, 0.717) is 0 Å². The molecule has 0 bridgehead atoms. The van der Waals surface area contributed by atoms with E-state index >= 15 is 0 Å². The Labute approximate surface area is 149 Å². The summed E-state index contributed by atoms with van der Waals surface area (Å²) in [7, 11) is -4.77. The standard InChI is InChI=1S/C12H16F7NO6S/c13-10(14,11(15,16)12(17,18)19)5-9(21)26-8(7-27(22,23)24)6-20-1-3-25-4-2-20/h8H,1-7H2,(H,22,23,24). The Morgan fingerprint density at radius 3 is 2.07 bits per heavy atom. The first-order valence-electron chi connectivity index (χ1n) is 7.32. The predicted octanol–water partition coefficient (Wildman–Crippen LogP) is 1.34. The number of hydrogen-bond donors (Lipinski definition) is 1. The minimum Gasteiger partial charge on any atom is -0.460 e. The van der Waals surface area contributed by atoms with Crippen LogP contribution in [0.4, 0.5) is 30.7 Å². The van der Waals surface area contributed by atoms with Crippen molar-refractivity contribution in [2.24, 2.45) is 0 Å². The second kappa shape index (κ2) is 8.45. The summed E-state index contributed by atoms with van der Waals surface area (Å²) in [6, 6.07) is 0. The summed E-state index contributed by atoms with van der Waals surface area (Å²) in [4.78, 5) is 12.9. The first-order chi connectivity index (χ1) is 12.1. The Hall–Kier alpha value is -1.19. The Bertz CT molecular complexity index is 618. The monoisotopic (exact) mass is 435 g/mol. The zero-order valence-electron chi connectivity index (χ0n) is 13.5. The second-order valence-corrected chi connectivity index (χ2v) is 7.22. The molecule has 15 heteroatoms. The molecule has 1 heterocycles. The number of alkyl halides is 7. The predicted molar refractivity (Wildman–Crippen MR) is 74.1 cm³/mol. The molecule has 27 heavy (non-hydrogen) atoms. The highest BCUT2D eigenvalue weighted by Crippen LogP contribution is 2.48. The van der Waals surface area contributed by atoms with Crippen LogP contribution in [0.5, 0.6) is 0 Å². The fourth-order valence-corrected chi connectivity index (χ4v) is 2.80. The number of rotatable bonds is 8. The van der Waals surface area contributed by atoms with Crippen LogP contribution in [0.25, 0.3) is 0 Å². The van der Waals surface area contributed by atoms with Crippen LogP contribution in [0.1, 0.15) is 6.42 Å². The lowest BCUT2D eigenvalue weighted by atomic mass is 10.1. The third-order valence-corrected chi connectivity index (χ3v) is 4.23. The molecule has 0 aromatic rings. The molecule has 0 saturated carbocycles. The molecule has 0 aromatic heterocycles. The maximum atomic E-state index is 13.2. The van der Waals surface area contributed by atoms with Gasteiger partial charge in [0.25, 0.3) is 10.1 Å². The lowest BCUT2D eigenvalue weighted by Gasteiger charge is -2.31. The van der Waals surface area contributed by atoms with Crippen molar-refractivity contribution in [2.75, 3.05) is 38.6 Å². The molecule has 1 saturated heterocycles. The number of halogens is 7. The molecule has 1 aliphatic rings. The van der Waals surface area contributed by atoms with Crippen molar-refractivity contribution in [3.8, 4) is 0 Å². The Morgan fingerprint density at radius 2 is 1.63 bits per heavy atom. The highest BCUT2D eigenvalue weighted by Gasteiger charge is 2.73. The smallest absolute Gasteiger partial charge is 0.459 e. The number of nitrogens with zero attached hydrogens (tertiary/aromatic N) is 1. The minimum atomic E-state index is -6.61. The summed E-state index contributed by atoms with van der Waals surface area (Å²) >= 11 is 0. The van der Waals surface area contributed by atoms with Crippen molar-refractivity contribution in [1.82, 2.24) is 4.90 Å². The van der Waals surface area contributed by atoms with E-state index in [1.807, 2.05) is 0 Å². The third-order valence-electron chi connectivity index (χ3n) is 3.44. The van der Waals surface area contributed by atoms with E-state index < -0.39 is 58.9 Å². The Kier molecular flexibility index (Phi) is 7.46. The molecule has 1 unspecified atom stereocenters. The van der Waals surface area contributed by atoms with Gasteiger partial charge in [-0.05, 0) is 0 Å². The SMILES string of the molecule is O=C(CC(F)(F)C(F)(F)C(F)(F)F)OC(CN1CCOCC1)CS(=O)(=O)O. The van der Waals surface area contributed by atoms with Gasteiger partial charge in [0.05, 0.1) is 13.2 Å². The maximum absolute atomic E-state index is 13.2. The van der Waals surface area contributed by atoms with E-state index in [1.54, 1.807) is 0 Å². The molecule has 0 aromatic carbocycles. The van der Waals surface area contributed by atoms with Gasteiger partial charge in [0.2, 0.25) is 0 Å².